The van der Waals surface area contributed by atoms with E-state index in [0.29, 0.717) is 33.7 Å². The fourth-order valence-electron chi connectivity index (χ4n) is 4.00. The number of hydrogen-bond donors (Lipinski definition) is 3. The molecule has 0 fully saturated rings. The number of fused-ring (bicyclic) bond motifs is 1. The van der Waals surface area contributed by atoms with Crippen molar-refractivity contribution < 1.29 is 19.0 Å². The van der Waals surface area contributed by atoms with Crippen LogP contribution in [0.3, 0.4) is 0 Å². The number of phenolic OH excluding ortho intramolecular Hbond substituents is 1. The SMILES string of the molecule is C=C(C)C=O.CNc1ccc(-c2c(-c3ccc(Oc4ccc(F)nc4)c(O)c3)c3c(N)ncnc3n2C)cc1. The van der Waals surface area contributed by atoms with Crippen LogP contribution in [-0.4, -0.2) is 38.0 Å². The smallest absolute Gasteiger partial charge is 0.213 e. The molecule has 3 aromatic heterocycles. The molecule has 0 amide bonds. The van der Waals surface area contributed by atoms with E-state index in [0.717, 1.165) is 28.8 Å². The van der Waals surface area contributed by atoms with Gasteiger partial charge in [-0.05, 0) is 60.0 Å². The number of nitrogens with two attached hydrogens (primary N) is 1. The highest BCUT2D eigenvalue weighted by Gasteiger charge is 2.22. The summed E-state index contributed by atoms with van der Waals surface area (Å²) in [5, 5.41) is 14.6. The number of pyridine rings is 1. The normalized spacial score (nSPS) is 10.5. The summed E-state index contributed by atoms with van der Waals surface area (Å²) in [7, 11) is 3.78. The Morgan fingerprint density at radius 2 is 1.79 bits per heavy atom. The number of halogens is 1. The monoisotopic (exact) mass is 526 g/mol. The van der Waals surface area contributed by atoms with E-state index in [1.807, 2.05) is 49.0 Å². The van der Waals surface area contributed by atoms with Crippen LogP contribution < -0.4 is 15.8 Å². The second kappa shape index (κ2) is 11.4. The zero-order chi connectivity index (χ0) is 28.1. The van der Waals surface area contributed by atoms with E-state index in [-0.39, 0.29) is 11.5 Å². The van der Waals surface area contributed by atoms with E-state index in [2.05, 4.69) is 26.8 Å². The first-order valence-electron chi connectivity index (χ1n) is 11.8. The molecule has 0 saturated carbocycles. The molecule has 39 heavy (non-hydrogen) atoms. The van der Waals surface area contributed by atoms with Crippen molar-refractivity contribution in [2.75, 3.05) is 18.1 Å². The van der Waals surface area contributed by atoms with Crippen molar-refractivity contribution >= 4 is 28.8 Å². The molecule has 0 aliphatic heterocycles. The number of nitrogen functional groups attached to an aromatic ring is 1. The third kappa shape index (κ3) is 5.69. The van der Waals surface area contributed by atoms with Crippen molar-refractivity contribution in [3.8, 4) is 39.6 Å². The van der Waals surface area contributed by atoms with Crippen molar-refractivity contribution in [3.63, 3.8) is 0 Å². The van der Waals surface area contributed by atoms with Gasteiger partial charge in [0.1, 0.15) is 29.8 Å². The number of carbonyl (C=O) groups is 1. The first-order valence-corrected chi connectivity index (χ1v) is 11.8. The number of allylic oxidation sites excluding steroid dienone is 1. The average Bonchev–Trinajstić information content (AvgIpc) is 3.24. The fourth-order valence-corrected chi connectivity index (χ4v) is 4.00. The predicted molar refractivity (Wildman–Crippen MR) is 150 cm³/mol. The van der Waals surface area contributed by atoms with Crippen molar-refractivity contribution in [1.82, 2.24) is 19.5 Å². The summed E-state index contributed by atoms with van der Waals surface area (Å²) in [6, 6.07) is 15.7. The number of anilines is 2. The van der Waals surface area contributed by atoms with Gasteiger partial charge >= 0.3 is 0 Å². The van der Waals surface area contributed by atoms with Crippen LogP contribution in [0.1, 0.15) is 6.92 Å². The molecule has 0 radical (unpaired) electrons. The number of ether oxygens (including phenoxy) is 1. The lowest BCUT2D eigenvalue weighted by Gasteiger charge is -2.12. The van der Waals surface area contributed by atoms with Gasteiger partial charge < -0.3 is 25.5 Å². The quantitative estimate of drug-likeness (QED) is 0.146. The highest BCUT2D eigenvalue weighted by Crippen LogP contribution is 2.44. The van der Waals surface area contributed by atoms with E-state index in [9.17, 15) is 14.3 Å². The van der Waals surface area contributed by atoms with E-state index in [1.54, 1.807) is 19.1 Å². The van der Waals surface area contributed by atoms with Gasteiger partial charge in [-0.2, -0.15) is 4.39 Å². The second-order valence-corrected chi connectivity index (χ2v) is 8.63. The van der Waals surface area contributed by atoms with Crippen LogP contribution >= 0.6 is 0 Å². The lowest BCUT2D eigenvalue weighted by Crippen LogP contribution is -1.96. The van der Waals surface area contributed by atoms with Gasteiger partial charge in [0.25, 0.3) is 0 Å². The number of benzene rings is 2. The van der Waals surface area contributed by atoms with E-state index < -0.39 is 5.95 Å². The zero-order valence-electron chi connectivity index (χ0n) is 21.6. The topological polar surface area (TPSA) is 128 Å². The summed E-state index contributed by atoms with van der Waals surface area (Å²) in [6.45, 7) is 4.97. The zero-order valence-corrected chi connectivity index (χ0v) is 21.6. The van der Waals surface area contributed by atoms with E-state index in [4.69, 9.17) is 10.5 Å². The number of hydrogen-bond acceptors (Lipinski definition) is 8. The molecule has 9 nitrogen and oxygen atoms in total. The number of aromatic nitrogens is 4. The summed E-state index contributed by atoms with van der Waals surface area (Å²) in [6.07, 6.45) is 3.40. The summed E-state index contributed by atoms with van der Waals surface area (Å²) >= 11 is 0. The van der Waals surface area contributed by atoms with Crippen LogP contribution in [0.5, 0.6) is 17.2 Å². The molecule has 3 heterocycles. The lowest BCUT2D eigenvalue weighted by atomic mass is 9.98. The maximum absolute atomic E-state index is 13.1. The summed E-state index contributed by atoms with van der Waals surface area (Å²) < 4.78 is 20.7. The number of aryl methyl sites for hydroxylation is 1. The fraction of sp³-hybridized carbons (Fsp3) is 0.103. The molecule has 5 aromatic rings. The minimum Gasteiger partial charge on any atom is -0.504 e. The highest BCUT2D eigenvalue weighted by molar-refractivity contribution is 6.08. The molecule has 0 saturated heterocycles. The summed E-state index contributed by atoms with van der Waals surface area (Å²) in [4.78, 5) is 21.6. The maximum atomic E-state index is 13.1. The predicted octanol–water partition coefficient (Wildman–Crippen LogP) is 5.72. The minimum absolute atomic E-state index is 0.0919. The number of carbonyl (C=O) groups excluding carboxylic acids is 1. The van der Waals surface area contributed by atoms with Crippen LogP contribution in [0.15, 0.2) is 79.3 Å². The van der Waals surface area contributed by atoms with Crippen LogP contribution in [0.25, 0.3) is 33.4 Å². The van der Waals surface area contributed by atoms with Gasteiger partial charge in [-0.3, -0.25) is 4.79 Å². The molecule has 4 N–H and O–H groups in total. The Bertz CT molecular complexity index is 1650. The molecule has 0 aliphatic rings. The van der Waals surface area contributed by atoms with Gasteiger partial charge in [0.2, 0.25) is 5.95 Å². The molecule has 2 aromatic carbocycles. The molecule has 10 heteroatoms. The molecule has 0 unspecified atom stereocenters. The molecule has 0 bridgehead atoms. The van der Waals surface area contributed by atoms with E-state index >= 15 is 0 Å². The van der Waals surface area contributed by atoms with Crippen molar-refractivity contribution in [1.29, 1.82) is 0 Å². The largest absolute Gasteiger partial charge is 0.504 e. The van der Waals surface area contributed by atoms with Gasteiger partial charge in [-0.1, -0.05) is 24.8 Å². The summed E-state index contributed by atoms with van der Waals surface area (Å²) in [5.74, 6) is 0.147. The lowest BCUT2D eigenvalue weighted by molar-refractivity contribution is -0.104. The van der Waals surface area contributed by atoms with Crippen LogP contribution in [0.4, 0.5) is 15.9 Å². The molecular weight excluding hydrogens is 499 g/mol. The van der Waals surface area contributed by atoms with Crippen LogP contribution in [0.2, 0.25) is 0 Å². The first-order chi connectivity index (χ1) is 18.7. The molecular formula is C29H27FN6O3. The van der Waals surface area contributed by atoms with Crippen LogP contribution in [0, 0.1) is 5.95 Å². The highest BCUT2D eigenvalue weighted by atomic mass is 19.1. The standard InChI is InChI=1S/C25H21FN6O2.C4H6O/c1-28-16-6-3-14(4-7-16)23-21(22-24(27)30-13-31-25(22)32(23)2)15-5-9-19(18(33)11-15)34-17-8-10-20(26)29-12-17;1-4(2)3-5/h3-13,28,33H,1-2H3,(H2,27,30,31);3H,1H2,2H3. The van der Waals surface area contributed by atoms with Crippen molar-refractivity contribution in [2.45, 2.75) is 6.92 Å². The molecule has 198 valence electrons. The minimum atomic E-state index is -0.613. The summed E-state index contributed by atoms with van der Waals surface area (Å²) in [5.41, 5.74) is 11.8. The van der Waals surface area contributed by atoms with Crippen molar-refractivity contribution in [2.24, 2.45) is 7.05 Å². The Labute approximate surface area is 224 Å². The maximum Gasteiger partial charge on any atom is 0.213 e. The first kappa shape index (κ1) is 26.8. The van der Waals surface area contributed by atoms with E-state index in [1.165, 1.54) is 24.7 Å². The van der Waals surface area contributed by atoms with Crippen LogP contribution in [-0.2, 0) is 11.8 Å². The second-order valence-electron chi connectivity index (χ2n) is 8.63. The third-order valence-corrected chi connectivity index (χ3v) is 5.82. The van der Waals surface area contributed by atoms with Gasteiger partial charge in [0, 0.05) is 25.3 Å². The third-order valence-electron chi connectivity index (χ3n) is 5.82. The Morgan fingerprint density at radius 1 is 1.10 bits per heavy atom. The molecule has 0 atom stereocenters. The Kier molecular flexibility index (Phi) is 7.85. The molecule has 0 spiro atoms. The number of rotatable bonds is 6. The van der Waals surface area contributed by atoms with Crippen molar-refractivity contribution in [3.05, 3.63) is 85.2 Å². The number of nitrogens with zero attached hydrogens (tertiary/aromatic N) is 4. The number of nitrogens with one attached hydrogen (secondary N) is 1. The molecule has 0 aliphatic carbocycles. The Morgan fingerprint density at radius 3 is 2.38 bits per heavy atom. The van der Waals surface area contributed by atoms with Gasteiger partial charge in [-0.25, -0.2) is 15.0 Å². The van der Waals surface area contributed by atoms with Gasteiger partial charge in [-0.15, -0.1) is 0 Å². The molecule has 5 rings (SSSR count). The average molecular weight is 527 g/mol. The Balaban J connectivity index is 0.000000648. The van der Waals surface area contributed by atoms with Gasteiger partial charge in [0.15, 0.2) is 11.5 Å². The number of phenols is 1. The number of aldehydes is 1. The Hall–Kier alpha value is -5.25. The van der Waals surface area contributed by atoms with Gasteiger partial charge in [0.05, 0.1) is 17.3 Å². The number of aromatic hydroxyl groups is 1.